The third-order valence-corrected chi connectivity index (χ3v) is 4.57. The second-order valence-corrected chi connectivity index (χ2v) is 6.26. The summed E-state index contributed by atoms with van der Waals surface area (Å²) in [5.41, 5.74) is 2.85. The minimum atomic E-state index is -0.207. The summed E-state index contributed by atoms with van der Waals surface area (Å²) in [5, 5.41) is 13.7. The number of hydrogen-bond acceptors (Lipinski definition) is 3. The van der Waals surface area contributed by atoms with Crippen molar-refractivity contribution in [3.63, 3.8) is 0 Å². The van der Waals surface area contributed by atoms with Crippen LogP contribution in [0.1, 0.15) is 18.1 Å². The number of urea groups is 1. The maximum absolute atomic E-state index is 12.2. The molecule has 1 aliphatic heterocycles. The van der Waals surface area contributed by atoms with Gasteiger partial charge in [-0.25, -0.2) is 4.79 Å². The van der Waals surface area contributed by atoms with E-state index in [1.54, 1.807) is 6.20 Å². The monoisotopic (exact) mass is 336 g/mol. The number of nitrogens with zero attached hydrogens (tertiary/aromatic N) is 1. The average molecular weight is 336 g/mol. The highest BCUT2D eigenvalue weighted by atomic mass is 16.5. The van der Waals surface area contributed by atoms with Crippen molar-refractivity contribution in [1.82, 2.24) is 15.5 Å². The normalized spacial score (nSPS) is 19.8. The topological polar surface area (TPSA) is 79.0 Å². The highest BCUT2D eigenvalue weighted by Gasteiger charge is 2.29. The molecule has 2 atom stereocenters. The fourth-order valence-electron chi connectivity index (χ4n) is 3.27. The number of carbonyl (C=O) groups is 1. The second kappa shape index (κ2) is 6.94. The van der Waals surface area contributed by atoms with Gasteiger partial charge in [-0.05, 0) is 30.2 Å². The maximum atomic E-state index is 12.2. The molecular weight excluding hydrogens is 316 g/mol. The van der Waals surface area contributed by atoms with Crippen LogP contribution in [-0.4, -0.2) is 29.4 Å². The number of hydrogen-bond donors (Lipinski definition) is 3. The van der Waals surface area contributed by atoms with Crippen molar-refractivity contribution >= 4 is 22.6 Å². The van der Waals surface area contributed by atoms with Crippen molar-refractivity contribution in [3.8, 4) is 0 Å². The van der Waals surface area contributed by atoms with Gasteiger partial charge in [-0.2, -0.15) is 5.10 Å². The van der Waals surface area contributed by atoms with Gasteiger partial charge in [0, 0.05) is 30.1 Å². The number of anilines is 1. The molecule has 3 aromatic rings. The number of nitrogens with one attached hydrogen (secondary N) is 3. The Morgan fingerprint density at radius 2 is 2.12 bits per heavy atom. The number of amides is 2. The van der Waals surface area contributed by atoms with E-state index < -0.39 is 0 Å². The second-order valence-electron chi connectivity index (χ2n) is 6.26. The number of rotatable bonds is 4. The molecule has 1 aliphatic rings. The number of benzene rings is 2. The van der Waals surface area contributed by atoms with Crippen molar-refractivity contribution in [2.75, 3.05) is 18.5 Å². The Hall–Kier alpha value is -2.86. The molecule has 2 heterocycles. The van der Waals surface area contributed by atoms with Gasteiger partial charge >= 0.3 is 6.03 Å². The molecule has 2 aromatic carbocycles. The van der Waals surface area contributed by atoms with Gasteiger partial charge in [0.05, 0.1) is 17.8 Å². The van der Waals surface area contributed by atoms with Crippen LogP contribution in [0.25, 0.3) is 10.9 Å². The lowest BCUT2D eigenvalue weighted by Gasteiger charge is -2.19. The van der Waals surface area contributed by atoms with Crippen LogP contribution in [0.5, 0.6) is 0 Å². The fraction of sp³-hybridized carbons (Fsp3) is 0.263. The molecule has 4 rings (SSSR count). The van der Waals surface area contributed by atoms with E-state index in [2.05, 4.69) is 33.0 Å². The third kappa shape index (κ3) is 3.49. The Balaban J connectivity index is 1.35. The molecule has 2 amide bonds. The van der Waals surface area contributed by atoms with E-state index in [9.17, 15) is 4.79 Å². The van der Waals surface area contributed by atoms with Crippen LogP contribution in [0.4, 0.5) is 10.5 Å². The molecule has 25 heavy (non-hydrogen) atoms. The average Bonchev–Trinajstić information content (AvgIpc) is 3.29. The van der Waals surface area contributed by atoms with Crippen molar-refractivity contribution < 1.29 is 9.53 Å². The van der Waals surface area contributed by atoms with Gasteiger partial charge in [0.25, 0.3) is 0 Å². The minimum Gasteiger partial charge on any atom is -0.373 e. The van der Waals surface area contributed by atoms with E-state index in [1.807, 2.05) is 36.4 Å². The zero-order valence-corrected chi connectivity index (χ0v) is 13.7. The Kier molecular flexibility index (Phi) is 4.35. The van der Waals surface area contributed by atoms with Crippen LogP contribution in [0.2, 0.25) is 0 Å². The first-order valence-corrected chi connectivity index (χ1v) is 8.44. The number of ether oxygens (including phenoxy) is 1. The predicted molar refractivity (Wildman–Crippen MR) is 96.4 cm³/mol. The summed E-state index contributed by atoms with van der Waals surface area (Å²) in [6.45, 7) is 1.31. The first kappa shape index (κ1) is 15.7. The summed E-state index contributed by atoms with van der Waals surface area (Å²) in [6.07, 6.45) is 2.73. The van der Waals surface area contributed by atoms with Crippen molar-refractivity contribution in [2.45, 2.75) is 12.5 Å². The molecule has 6 heteroatoms. The highest BCUT2D eigenvalue weighted by molar-refractivity contribution is 5.92. The van der Waals surface area contributed by atoms with E-state index in [0.29, 0.717) is 6.54 Å². The number of aromatic amines is 1. The molecule has 0 radical (unpaired) electrons. The molecule has 0 unspecified atom stereocenters. The summed E-state index contributed by atoms with van der Waals surface area (Å²) in [6, 6.07) is 15.6. The molecule has 1 saturated heterocycles. The van der Waals surface area contributed by atoms with Gasteiger partial charge < -0.3 is 15.4 Å². The van der Waals surface area contributed by atoms with E-state index in [-0.39, 0.29) is 18.1 Å². The van der Waals surface area contributed by atoms with Gasteiger partial charge in [-0.3, -0.25) is 5.10 Å². The Labute approximate surface area is 145 Å². The maximum Gasteiger partial charge on any atom is 0.319 e. The Morgan fingerprint density at radius 1 is 1.24 bits per heavy atom. The minimum absolute atomic E-state index is 0.0452. The van der Waals surface area contributed by atoms with E-state index in [1.165, 1.54) is 0 Å². The number of H-pyrrole nitrogens is 1. The first-order valence-electron chi connectivity index (χ1n) is 8.44. The Bertz CT molecular complexity index is 862. The van der Waals surface area contributed by atoms with Gasteiger partial charge in [0.1, 0.15) is 0 Å². The summed E-state index contributed by atoms with van der Waals surface area (Å²) >= 11 is 0. The van der Waals surface area contributed by atoms with Gasteiger partial charge in [0.2, 0.25) is 0 Å². The quantitative estimate of drug-likeness (QED) is 0.682. The lowest BCUT2D eigenvalue weighted by Crippen LogP contribution is -2.34. The van der Waals surface area contributed by atoms with E-state index >= 15 is 0 Å². The molecule has 128 valence electrons. The van der Waals surface area contributed by atoms with E-state index in [4.69, 9.17) is 4.74 Å². The van der Waals surface area contributed by atoms with Crippen molar-refractivity contribution in [1.29, 1.82) is 0 Å². The summed E-state index contributed by atoms with van der Waals surface area (Å²) in [4.78, 5) is 12.2. The smallest absolute Gasteiger partial charge is 0.319 e. The van der Waals surface area contributed by atoms with Gasteiger partial charge in [0.15, 0.2) is 0 Å². The molecule has 0 aliphatic carbocycles. The molecule has 1 aromatic heterocycles. The van der Waals surface area contributed by atoms with Gasteiger partial charge in [-0.1, -0.05) is 30.3 Å². The molecular formula is C19H20N4O2. The van der Waals surface area contributed by atoms with Crippen LogP contribution in [0, 0.1) is 5.92 Å². The molecule has 6 nitrogen and oxygen atoms in total. The van der Waals surface area contributed by atoms with Crippen LogP contribution in [0.15, 0.2) is 54.7 Å². The summed E-state index contributed by atoms with van der Waals surface area (Å²) in [5.74, 6) is 0.282. The molecule has 0 spiro atoms. The predicted octanol–water partition coefficient (Wildman–Crippen LogP) is 3.46. The van der Waals surface area contributed by atoms with Crippen LogP contribution >= 0.6 is 0 Å². The zero-order valence-electron chi connectivity index (χ0n) is 13.7. The summed E-state index contributed by atoms with van der Waals surface area (Å²) < 4.78 is 5.86. The largest absolute Gasteiger partial charge is 0.373 e. The number of fused-ring (bicyclic) bond motifs is 1. The van der Waals surface area contributed by atoms with Crippen LogP contribution in [-0.2, 0) is 4.74 Å². The molecule has 0 saturated carbocycles. The standard InChI is InChI=1S/C19H20N4O2/c24-19(22-16-6-7-17-15(10-16)12-21-23-17)20-11-14-8-9-25-18(14)13-4-2-1-3-5-13/h1-7,10,12,14,18H,8-9,11H2,(H,21,23)(H2,20,22,24)/t14-,18-/m0/s1. The molecule has 3 N–H and O–H groups in total. The Morgan fingerprint density at radius 3 is 3.00 bits per heavy atom. The van der Waals surface area contributed by atoms with E-state index in [0.717, 1.165) is 35.2 Å². The van der Waals surface area contributed by atoms with Crippen LogP contribution < -0.4 is 10.6 Å². The number of aromatic nitrogens is 2. The van der Waals surface area contributed by atoms with Crippen LogP contribution in [0.3, 0.4) is 0 Å². The third-order valence-electron chi connectivity index (χ3n) is 4.57. The first-order chi connectivity index (χ1) is 12.3. The van der Waals surface area contributed by atoms with Crippen molar-refractivity contribution in [3.05, 3.63) is 60.3 Å². The van der Waals surface area contributed by atoms with Gasteiger partial charge in [-0.15, -0.1) is 0 Å². The fourth-order valence-corrected chi connectivity index (χ4v) is 3.27. The zero-order chi connectivity index (χ0) is 17.1. The molecule has 0 bridgehead atoms. The SMILES string of the molecule is O=C(NC[C@@H]1CCO[C@H]1c1ccccc1)Nc1ccc2[nH]ncc2c1. The highest BCUT2D eigenvalue weighted by Crippen LogP contribution is 2.33. The summed E-state index contributed by atoms with van der Waals surface area (Å²) in [7, 11) is 0. The lowest BCUT2D eigenvalue weighted by molar-refractivity contribution is 0.0911. The number of carbonyl (C=O) groups excluding carboxylic acids is 1. The molecule has 1 fully saturated rings. The van der Waals surface area contributed by atoms with Crippen molar-refractivity contribution in [2.24, 2.45) is 5.92 Å². The lowest BCUT2D eigenvalue weighted by atomic mass is 9.95.